The second-order valence-corrected chi connectivity index (χ2v) is 7.87. The zero-order chi connectivity index (χ0) is 15.3. The van der Waals surface area contributed by atoms with Crippen LogP contribution in [0.25, 0.3) is 11.0 Å². The average molecular weight is 310 g/mol. The molecule has 1 aliphatic rings. The van der Waals surface area contributed by atoms with E-state index in [1.165, 1.54) is 16.4 Å². The van der Waals surface area contributed by atoms with Crippen LogP contribution in [0.15, 0.2) is 27.9 Å². The van der Waals surface area contributed by atoms with E-state index in [9.17, 15) is 13.2 Å². The van der Waals surface area contributed by atoms with Crippen molar-refractivity contribution >= 4 is 21.1 Å². The number of sulfonamides is 1. The van der Waals surface area contributed by atoms with Crippen LogP contribution in [0.5, 0.6) is 0 Å². The maximum absolute atomic E-state index is 12.7. The summed E-state index contributed by atoms with van der Waals surface area (Å²) in [6.45, 7) is 5.42. The SMILES string of the molecule is CC1(C)CN(S(=O)(=O)c2ccc3[nH]c(=O)[nH]c3c2)CCN1. The van der Waals surface area contributed by atoms with Crippen LogP contribution in [0.1, 0.15) is 13.8 Å². The Morgan fingerprint density at radius 3 is 2.62 bits per heavy atom. The second kappa shape index (κ2) is 4.69. The summed E-state index contributed by atoms with van der Waals surface area (Å²) in [6, 6.07) is 4.63. The van der Waals surface area contributed by atoms with E-state index in [1.54, 1.807) is 6.07 Å². The number of rotatable bonds is 2. The minimum absolute atomic E-state index is 0.197. The lowest BCUT2D eigenvalue weighted by Gasteiger charge is -2.38. The van der Waals surface area contributed by atoms with Crippen LogP contribution in [0.2, 0.25) is 0 Å². The number of H-pyrrole nitrogens is 2. The predicted molar refractivity (Wildman–Crippen MR) is 79.8 cm³/mol. The predicted octanol–water partition coefficient (Wildman–Crippen LogP) is 0.229. The Bertz CT molecular complexity index is 834. The van der Waals surface area contributed by atoms with Crippen molar-refractivity contribution in [1.29, 1.82) is 0 Å². The number of hydrogen-bond donors (Lipinski definition) is 3. The minimum atomic E-state index is -3.56. The third-order valence-electron chi connectivity index (χ3n) is 3.66. The number of fused-ring (bicyclic) bond motifs is 1. The Hall–Kier alpha value is -1.64. The molecule has 0 atom stereocenters. The summed E-state index contributed by atoms with van der Waals surface area (Å²) in [7, 11) is -3.56. The van der Waals surface area contributed by atoms with Crippen LogP contribution < -0.4 is 11.0 Å². The molecule has 8 heteroatoms. The molecule has 1 fully saturated rings. The van der Waals surface area contributed by atoms with Crippen LogP contribution in [0.4, 0.5) is 0 Å². The number of hydrogen-bond acceptors (Lipinski definition) is 4. The van der Waals surface area contributed by atoms with Crippen molar-refractivity contribution in [2.75, 3.05) is 19.6 Å². The molecular formula is C13H18N4O3S. The molecule has 3 rings (SSSR count). The third kappa shape index (κ3) is 2.61. The Kier molecular flexibility index (Phi) is 3.19. The normalized spacial score (nSPS) is 19.9. The topological polar surface area (TPSA) is 98.1 Å². The number of piperazine rings is 1. The molecule has 0 bridgehead atoms. The van der Waals surface area contributed by atoms with Crippen molar-refractivity contribution in [3.63, 3.8) is 0 Å². The van der Waals surface area contributed by atoms with Crippen molar-refractivity contribution < 1.29 is 8.42 Å². The van der Waals surface area contributed by atoms with Gasteiger partial charge in [-0.2, -0.15) is 4.31 Å². The van der Waals surface area contributed by atoms with Gasteiger partial charge in [-0.25, -0.2) is 13.2 Å². The van der Waals surface area contributed by atoms with E-state index in [0.717, 1.165) is 0 Å². The first kappa shape index (κ1) is 14.3. The Morgan fingerprint density at radius 2 is 1.90 bits per heavy atom. The summed E-state index contributed by atoms with van der Waals surface area (Å²) in [5.41, 5.74) is 0.496. The maximum Gasteiger partial charge on any atom is 0.323 e. The lowest BCUT2D eigenvalue weighted by Crippen LogP contribution is -2.58. The lowest BCUT2D eigenvalue weighted by molar-refractivity contribution is 0.233. The molecule has 1 saturated heterocycles. The fourth-order valence-corrected chi connectivity index (χ4v) is 4.25. The second-order valence-electron chi connectivity index (χ2n) is 5.94. The smallest absolute Gasteiger partial charge is 0.309 e. The van der Waals surface area contributed by atoms with E-state index in [-0.39, 0.29) is 16.1 Å². The number of nitrogens with one attached hydrogen (secondary N) is 3. The van der Waals surface area contributed by atoms with Gasteiger partial charge in [0.25, 0.3) is 0 Å². The molecule has 0 spiro atoms. The highest BCUT2D eigenvalue weighted by atomic mass is 32.2. The van der Waals surface area contributed by atoms with Gasteiger partial charge in [0.15, 0.2) is 0 Å². The number of benzene rings is 1. The molecule has 2 heterocycles. The molecular weight excluding hydrogens is 292 g/mol. The van der Waals surface area contributed by atoms with Gasteiger partial charge in [0, 0.05) is 25.2 Å². The van der Waals surface area contributed by atoms with E-state index in [0.29, 0.717) is 30.7 Å². The molecule has 0 amide bonds. The molecule has 7 nitrogen and oxygen atoms in total. The van der Waals surface area contributed by atoms with Crippen LogP contribution in [0, 0.1) is 0 Å². The molecule has 0 aliphatic carbocycles. The number of aromatic amines is 2. The van der Waals surface area contributed by atoms with Crippen LogP contribution in [0.3, 0.4) is 0 Å². The average Bonchev–Trinajstić information content (AvgIpc) is 2.76. The Morgan fingerprint density at radius 1 is 1.19 bits per heavy atom. The first-order chi connectivity index (χ1) is 9.78. The number of nitrogens with zero attached hydrogens (tertiary/aromatic N) is 1. The van der Waals surface area contributed by atoms with E-state index in [4.69, 9.17) is 0 Å². The van der Waals surface area contributed by atoms with Gasteiger partial charge in [-0.15, -0.1) is 0 Å². The number of aromatic nitrogens is 2. The maximum atomic E-state index is 12.7. The molecule has 0 radical (unpaired) electrons. The van der Waals surface area contributed by atoms with Gasteiger partial charge in [-0.3, -0.25) is 0 Å². The van der Waals surface area contributed by atoms with Gasteiger partial charge >= 0.3 is 5.69 Å². The van der Waals surface area contributed by atoms with Gasteiger partial charge in [0.2, 0.25) is 10.0 Å². The van der Waals surface area contributed by atoms with E-state index in [1.807, 2.05) is 13.8 Å². The summed E-state index contributed by atoms with van der Waals surface area (Å²) in [6.07, 6.45) is 0. The highest BCUT2D eigenvalue weighted by molar-refractivity contribution is 7.89. The fourth-order valence-electron chi connectivity index (χ4n) is 2.62. The molecule has 0 saturated carbocycles. The summed E-state index contributed by atoms with van der Waals surface area (Å²) in [4.78, 5) is 16.6. The fraction of sp³-hybridized carbons (Fsp3) is 0.462. The first-order valence-electron chi connectivity index (χ1n) is 6.75. The summed E-state index contributed by atoms with van der Waals surface area (Å²) in [5.74, 6) is 0. The molecule has 1 aromatic heterocycles. The monoisotopic (exact) mass is 310 g/mol. The third-order valence-corrected chi connectivity index (χ3v) is 5.50. The molecule has 21 heavy (non-hydrogen) atoms. The zero-order valence-electron chi connectivity index (χ0n) is 11.9. The van der Waals surface area contributed by atoms with Gasteiger partial charge in [-0.1, -0.05) is 0 Å². The quantitative estimate of drug-likeness (QED) is 0.739. The van der Waals surface area contributed by atoms with Gasteiger partial charge < -0.3 is 15.3 Å². The summed E-state index contributed by atoms with van der Waals surface area (Å²) < 4.78 is 26.9. The Balaban J connectivity index is 2.01. The van der Waals surface area contributed by atoms with Gasteiger partial charge in [-0.05, 0) is 32.0 Å². The van der Waals surface area contributed by atoms with Crippen LogP contribution in [-0.4, -0.2) is 47.9 Å². The standard InChI is InChI=1S/C13H18N4O3S/c1-13(2)8-17(6-5-14-13)21(19,20)9-3-4-10-11(7-9)16-12(18)15-10/h3-4,7,14H,5-6,8H2,1-2H3,(H2,15,16,18). The summed E-state index contributed by atoms with van der Waals surface area (Å²) >= 11 is 0. The molecule has 0 unspecified atom stereocenters. The molecule has 3 N–H and O–H groups in total. The minimum Gasteiger partial charge on any atom is -0.309 e. The van der Waals surface area contributed by atoms with Crippen LogP contribution >= 0.6 is 0 Å². The number of imidazole rings is 1. The van der Waals surface area contributed by atoms with Crippen molar-refractivity contribution in [2.45, 2.75) is 24.3 Å². The van der Waals surface area contributed by atoms with E-state index in [2.05, 4.69) is 15.3 Å². The van der Waals surface area contributed by atoms with Crippen molar-refractivity contribution in [1.82, 2.24) is 19.6 Å². The highest BCUT2D eigenvalue weighted by Crippen LogP contribution is 2.22. The first-order valence-corrected chi connectivity index (χ1v) is 8.19. The zero-order valence-corrected chi connectivity index (χ0v) is 12.8. The highest BCUT2D eigenvalue weighted by Gasteiger charge is 2.33. The molecule has 1 aromatic carbocycles. The molecule has 1 aliphatic heterocycles. The molecule has 2 aromatic rings. The molecule has 114 valence electrons. The van der Waals surface area contributed by atoms with Crippen LogP contribution in [-0.2, 0) is 10.0 Å². The Labute approximate surface area is 122 Å². The van der Waals surface area contributed by atoms with Crippen molar-refractivity contribution in [2.24, 2.45) is 0 Å². The van der Waals surface area contributed by atoms with Gasteiger partial charge in [0.1, 0.15) is 0 Å². The van der Waals surface area contributed by atoms with E-state index >= 15 is 0 Å². The van der Waals surface area contributed by atoms with Gasteiger partial charge in [0.05, 0.1) is 15.9 Å². The lowest BCUT2D eigenvalue weighted by atomic mass is 10.0. The van der Waals surface area contributed by atoms with Crippen molar-refractivity contribution in [3.8, 4) is 0 Å². The van der Waals surface area contributed by atoms with Crippen molar-refractivity contribution in [3.05, 3.63) is 28.7 Å². The largest absolute Gasteiger partial charge is 0.323 e. The van der Waals surface area contributed by atoms with E-state index < -0.39 is 10.0 Å². The summed E-state index contributed by atoms with van der Waals surface area (Å²) in [5, 5.41) is 3.29.